The summed E-state index contributed by atoms with van der Waals surface area (Å²) in [5.74, 6) is 2.69. The number of piperidine rings is 1. The molecule has 2 aromatic rings. The minimum Gasteiger partial charge on any atom is -0.441 e. The highest BCUT2D eigenvalue weighted by molar-refractivity contribution is 5.59. The van der Waals surface area contributed by atoms with E-state index in [-0.39, 0.29) is 0 Å². The maximum absolute atomic E-state index is 5.69. The van der Waals surface area contributed by atoms with Crippen LogP contribution in [0.4, 0.5) is 5.82 Å². The zero-order valence-electron chi connectivity index (χ0n) is 12.2. The van der Waals surface area contributed by atoms with Gasteiger partial charge in [0.05, 0.1) is 11.8 Å². The van der Waals surface area contributed by atoms with Crippen molar-refractivity contribution < 1.29 is 4.42 Å². The molecule has 2 aromatic heterocycles. The van der Waals surface area contributed by atoms with Crippen molar-refractivity contribution >= 4 is 5.82 Å². The minimum absolute atomic E-state index is 0.669. The van der Waals surface area contributed by atoms with E-state index in [0.717, 1.165) is 36.7 Å². The maximum Gasteiger partial charge on any atom is 0.227 e. The van der Waals surface area contributed by atoms with Gasteiger partial charge in [0.15, 0.2) is 0 Å². The van der Waals surface area contributed by atoms with E-state index in [1.54, 1.807) is 6.20 Å². The Labute approximate surface area is 119 Å². The Hall–Kier alpha value is -1.84. The SMILES string of the molecule is CCc1cnc(-c2cnc(N3CCCCC3)c(C)c2)o1. The van der Waals surface area contributed by atoms with Crippen LogP contribution in [0, 0.1) is 6.92 Å². The number of aromatic nitrogens is 2. The van der Waals surface area contributed by atoms with E-state index in [1.807, 2.05) is 6.20 Å². The van der Waals surface area contributed by atoms with Crippen LogP contribution in [0.1, 0.15) is 37.5 Å². The molecule has 0 bridgehead atoms. The van der Waals surface area contributed by atoms with Crippen molar-refractivity contribution in [1.82, 2.24) is 9.97 Å². The molecule has 20 heavy (non-hydrogen) atoms. The molecule has 0 radical (unpaired) electrons. The van der Waals surface area contributed by atoms with Gasteiger partial charge in [-0.3, -0.25) is 0 Å². The highest BCUT2D eigenvalue weighted by Gasteiger charge is 2.15. The van der Waals surface area contributed by atoms with Gasteiger partial charge in [-0.25, -0.2) is 9.97 Å². The van der Waals surface area contributed by atoms with E-state index in [2.05, 4.69) is 34.8 Å². The van der Waals surface area contributed by atoms with Crippen LogP contribution >= 0.6 is 0 Å². The second-order valence-electron chi connectivity index (χ2n) is 5.40. The third-order valence-corrected chi connectivity index (χ3v) is 3.86. The summed E-state index contributed by atoms with van der Waals surface area (Å²) in [6.45, 7) is 6.41. The van der Waals surface area contributed by atoms with Gasteiger partial charge in [-0.05, 0) is 37.8 Å². The number of anilines is 1. The summed E-state index contributed by atoms with van der Waals surface area (Å²) in [4.78, 5) is 11.3. The number of pyridine rings is 1. The third-order valence-electron chi connectivity index (χ3n) is 3.86. The first-order valence-electron chi connectivity index (χ1n) is 7.44. The lowest BCUT2D eigenvalue weighted by molar-refractivity contribution is 0.524. The number of nitrogens with zero attached hydrogens (tertiary/aromatic N) is 3. The molecule has 0 N–H and O–H groups in total. The number of hydrogen-bond donors (Lipinski definition) is 0. The summed E-state index contributed by atoms with van der Waals surface area (Å²) in [5.41, 5.74) is 2.16. The molecule has 4 nitrogen and oxygen atoms in total. The molecule has 0 unspecified atom stereocenters. The lowest BCUT2D eigenvalue weighted by atomic mass is 10.1. The number of rotatable bonds is 3. The lowest BCUT2D eigenvalue weighted by Crippen LogP contribution is -2.30. The average Bonchev–Trinajstić information content (AvgIpc) is 2.97. The molecular formula is C16H21N3O. The van der Waals surface area contributed by atoms with Crippen LogP contribution in [-0.4, -0.2) is 23.1 Å². The molecule has 4 heteroatoms. The van der Waals surface area contributed by atoms with Gasteiger partial charge in [0.25, 0.3) is 0 Å². The molecule has 1 aliphatic rings. The van der Waals surface area contributed by atoms with Crippen LogP contribution < -0.4 is 4.90 Å². The zero-order chi connectivity index (χ0) is 13.9. The van der Waals surface area contributed by atoms with Crippen LogP contribution in [0.5, 0.6) is 0 Å². The molecular weight excluding hydrogens is 250 g/mol. The van der Waals surface area contributed by atoms with E-state index >= 15 is 0 Å². The smallest absolute Gasteiger partial charge is 0.227 e. The molecule has 106 valence electrons. The van der Waals surface area contributed by atoms with Crippen LogP contribution in [0.3, 0.4) is 0 Å². The Morgan fingerprint density at radius 3 is 2.60 bits per heavy atom. The fraction of sp³-hybridized carbons (Fsp3) is 0.500. The van der Waals surface area contributed by atoms with Crippen molar-refractivity contribution in [3.05, 3.63) is 29.8 Å². The van der Waals surface area contributed by atoms with Gasteiger partial charge in [-0.15, -0.1) is 0 Å². The summed E-state index contributed by atoms with van der Waals surface area (Å²) in [6.07, 6.45) is 8.41. The van der Waals surface area contributed by atoms with Gasteiger partial charge in [-0.2, -0.15) is 0 Å². The molecule has 0 aromatic carbocycles. The first kappa shape index (κ1) is 13.2. The average molecular weight is 271 g/mol. The Morgan fingerprint density at radius 2 is 1.95 bits per heavy atom. The van der Waals surface area contributed by atoms with Gasteiger partial charge in [0.2, 0.25) is 5.89 Å². The predicted octanol–water partition coefficient (Wildman–Crippen LogP) is 3.60. The van der Waals surface area contributed by atoms with E-state index < -0.39 is 0 Å². The molecule has 0 saturated carbocycles. The second kappa shape index (κ2) is 5.65. The standard InChI is InChI=1S/C16H21N3O/c1-3-14-11-18-16(20-14)13-9-12(2)15(17-10-13)19-7-5-4-6-8-19/h9-11H,3-8H2,1-2H3. The van der Waals surface area contributed by atoms with Crippen LogP contribution in [0.2, 0.25) is 0 Å². The molecule has 0 aliphatic carbocycles. The summed E-state index contributed by atoms with van der Waals surface area (Å²) >= 11 is 0. The van der Waals surface area contributed by atoms with Crippen molar-refractivity contribution in [2.24, 2.45) is 0 Å². The van der Waals surface area contributed by atoms with Gasteiger partial charge >= 0.3 is 0 Å². The molecule has 1 aliphatic heterocycles. The van der Waals surface area contributed by atoms with Crippen LogP contribution in [0.25, 0.3) is 11.5 Å². The van der Waals surface area contributed by atoms with Gasteiger partial charge in [-0.1, -0.05) is 6.92 Å². The normalized spacial score (nSPS) is 15.6. The third kappa shape index (κ3) is 2.55. The number of oxazole rings is 1. The van der Waals surface area contributed by atoms with Crippen LogP contribution in [0.15, 0.2) is 22.9 Å². The lowest BCUT2D eigenvalue weighted by Gasteiger charge is -2.29. The van der Waals surface area contributed by atoms with E-state index in [9.17, 15) is 0 Å². The summed E-state index contributed by atoms with van der Waals surface area (Å²) in [6, 6.07) is 2.13. The second-order valence-corrected chi connectivity index (χ2v) is 5.40. The number of hydrogen-bond acceptors (Lipinski definition) is 4. The first-order valence-corrected chi connectivity index (χ1v) is 7.44. The first-order chi connectivity index (χ1) is 9.78. The molecule has 1 fully saturated rings. The predicted molar refractivity (Wildman–Crippen MR) is 79.9 cm³/mol. The quantitative estimate of drug-likeness (QED) is 0.855. The minimum atomic E-state index is 0.669. The molecule has 0 atom stereocenters. The van der Waals surface area contributed by atoms with Gasteiger partial charge < -0.3 is 9.32 Å². The summed E-state index contributed by atoms with van der Waals surface area (Å²) in [7, 11) is 0. The van der Waals surface area contributed by atoms with Crippen molar-refractivity contribution in [3.63, 3.8) is 0 Å². The van der Waals surface area contributed by atoms with E-state index in [4.69, 9.17) is 4.42 Å². The highest BCUT2D eigenvalue weighted by atomic mass is 16.4. The molecule has 3 rings (SSSR count). The summed E-state index contributed by atoms with van der Waals surface area (Å²) < 4.78 is 5.69. The maximum atomic E-state index is 5.69. The van der Waals surface area contributed by atoms with Crippen molar-refractivity contribution in [2.75, 3.05) is 18.0 Å². The monoisotopic (exact) mass is 271 g/mol. The fourth-order valence-electron chi connectivity index (χ4n) is 2.73. The van der Waals surface area contributed by atoms with Gasteiger partial charge in [0, 0.05) is 25.7 Å². The molecule has 0 spiro atoms. The fourth-order valence-corrected chi connectivity index (χ4v) is 2.73. The summed E-state index contributed by atoms with van der Waals surface area (Å²) in [5, 5.41) is 0. The number of aryl methyl sites for hydroxylation is 2. The largest absolute Gasteiger partial charge is 0.441 e. The van der Waals surface area contributed by atoms with Crippen molar-refractivity contribution in [3.8, 4) is 11.5 Å². The molecule has 3 heterocycles. The molecule has 0 amide bonds. The van der Waals surface area contributed by atoms with Crippen molar-refractivity contribution in [1.29, 1.82) is 0 Å². The topological polar surface area (TPSA) is 42.2 Å². The Kier molecular flexibility index (Phi) is 3.72. The van der Waals surface area contributed by atoms with E-state index in [0.29, 0.717) is 5.89 Å². The van der Waals surface area contributed by atoms with Gasteiger partial charge in [0.1, 0.15) is 11.6 Å². The van der Waals surface area contributed by atoms with E-state index in [1.165, 1.54) is 24.8 Å². The van der Waals surface area contributed by atoms with Crippen molar-refractivity contribution in [2.45, 2.75) is 39.5 Å². The Balaban J connectivity index is 1.86. The van der Waals surface area contributed by atoms with Crippen LogP contribution in [-0.2, 0) is 6.42 Å². The Bertz CT molecular complexity index is 585. The highest BCUT2D eigenvalue weighted by Crippen LogP contribution is 2.26. The molecule has 1 saturated heterocycles. The Morgan fingerprint density at radius 1 is 1.15 bits per heavy atom. The zero-order valence-corrected chi connectivity index (χ0v) is 12.2.